The van der Waals surface area contributed by atoms with Gasteiger partial charge in [-0.2, -0.15) is 13.2 Å². The molecule has 0 bridgehead atoms. The number of likely N-dealkylation sites (tertiary alicyclic amines) is 1. The van der Waals surface area contributed by atoms with Gasteiger partial charge in [-0.1, -0.05) is 24.3 Å². The van der Waals surface area contributed by atoms with Gasteiger partial charge < -0.3 is 15.2 Å². The van der Waals surface area contributed by atoms with E-state index in [9.17, 15) is 23.1 Å². The summed E-state index contributed by atoms with van der Waals surface area (Å²) in [6.45, 7) is 1.59. The standard InChI is InChI=1S/C22H25F3N2O3/c23-22(24,25)15-30-20-7-5-18(6-8-20)21(29)26-13-16-1-3-17(4-2-16)14-27-11-9-19(28)10-12-27/h1-8,19,28H,9-15H2,(H,26,29). The summed E-state index contributed by atoms with van der Waals surface area (Å²) >= 11 is 0. The van der Waals surface area contributed by atoms with Crippen molar-refractivity contribution in [3.8, 4) is 5.75 Å². The lowest BCUT2D eigenvalue weighted by Crippen LogP contribution is -2.35. The quantitative estimate of drug-likeness (QED) is 0.717. The van der Waals surface area contributed by atoms with Crippen molar-refractivity contribution in [2.45, 2.75) is 38.2 Å². The lowest BCUT2D eigenvalue weighted by molar-refractivity contribution is -0.153. The summed E-state index contributed by atoms with van der Waals surface area (Å²) in [4.78, 5) is 14.6. The van der Waals surface area contributed by atoms with Crippen LogP contribution in [0.3, 0.4) is 0 Å². The highest BCUT2D eigenvalue weighted by molar-refractivity contribution is 5.94. The summed E-state index contributed by atoms with van der Waals surface area (Å²) in [7, 11) is 0. The molecule has 2 N–H and O–H groups in total. The molecule has 2 aromatic rings. The van der Waals surface area contributed by atoms with Crippen molar-refractivity contribution in [3.63, 3.8) is 0 Å². The van der Waals surface area contributed by atoms with E-state index >= 15 is 0 Å². The van der Waals surface area contributed by atoms with Gasteiger partial charge >= 0.3 is 6.18 Å². The highest BCUT2D eigenvalue weighted by Gasteiger charge is 2.28. The number of piperidine rings is 1. The number of hydrogen-bond acceptors (Lipinski definition) is 4. The second-order valence-electron chi connectivity index (χ2n) is 7.43. The monoisotopic (exact) mass is 422 g/mol. The number of carbonyl (C=O) groups excluding carboxylic acids is 1. The molecule has 1 saturated heterocycles. The van der Waals surface area contributed by atoms with E-state index in [4.69, 9.17) is 0 Å². The molecule has 1 heterocycles. The van der Waals surface area contributed by atoms with E-state index in [1.807, 2.05) is 24.3 Å². The third-order valence-corrected chi connectivity index (χ3v) is 4.96. The minimum absolute atomic E-state index is 0.0580. The first kappa shape index (κ1) is 22.1. The van der Waals surface area contributed by atoms with Crippen LogP contribution in [0.2, 0.25) is 0 Å². The Labute approximate surface area is 173 Å². The molecule has 0 spiro atoms. The van der Waals surface area contributed by atoms with Gasteiger partial charge in [-0.15, -0.1) is 0 Å². The third kappa shape index (κ3) is 7.03. The van der Waals surface area contributed by atoms with Crippen LogP contribution in [0, 0.1) is 0 Å². The van der Waals surface area contributed by atoms with E-state index in [0.29, 0.717) is 12.1 Å². The molecule has 0 aromatic heterocycles. The minimum atomic E-state index is -4.40. The van der Waals surface area contributed by atoms with Gasteiger partial charge in [-0.3, -0.25) is 9.69 Å². The number of nitrogens with zero attached hydrogens (tertiary/aromatic N) is 1. The predicted molar refractivity (Wildman–Crippen MR) is 106 cm³/mol. The maximum absolute atomic E-state index is 12.2. The SMILES string of the molecule is O=C(NCc1ccc(CN2CCC(O)CC2)cc1)c1ccc(OCC(F)(F)F)cc1. The van der Waals surface area contributed by atoms with E-state index in [1.165, 1.54) is 29.8 Å². The molecule has 2 aromatic carbocycles. The number of carbonyl (C=O) groups is 1. The number of ether oxygens (including phenoxy) is 1. The molecule has 1 aliphatic heterocycles. The van der Waals surface area contributed by atoms with Crippen molar-refractivity contribution in [1.29, 1.82) is 0 Å². The summed E-state index contributed by atoms with van der Waals surface area (Å²) in [5.41, 5.74) is 2.47. The number of benzene rings is 2. The Morgan fingerprint density at radius 3 is 2.23 bits per heavy atom. The zero-order valence-corrected chi connectivity index (χ0v) is 16.5. The van der Waals surface area contributed by atoms with Crippen molar-refractivity contribution in [2.75, 3.05) is 19.7 Å². The van der Waals surface area contributed by atoms with Crippen LogP contribution in [0.5, 0.6) is 5.75 Å². The first-order valence-electron chi connectivity index (χ1n) is 9.84. The Balaban J connectivity index is 1.45. The second-order valence-corrected chi connectivity index (χ2v) is 7.43. The number of aliphatic hydroxyl groups is 1. The van der Waals surface area contributed by atoms with Crippen LogP contribution < -0.4 is 10.1 Å². The summed E-state index contributed by atoms with van der Waals surface area (Å²) < 4.78 is 41.1. The number of nitrogens with one attached hydrogen (secondary N) is 1. The van der Waals surface area contributed by atoms with Gasteiger partial charge in [0.15, 0.2) is 6.61 Å². The van der Waals surface area contributed by atoms with Crippen LogP contribution in [0.4, 0.5) is 13.2 Å². The fraction of sp³-hybridized carbons (Fsp3) is 0.409. The second kappa shape index (κ2) is 9.95. The molecule has 1 fully saturated rings. The zero-order valence-electron chi connectivity index (χ0n) is 16.5. The zero-order chi connectivity index (χ0) is 21.6. The predicted octanol–water partition coefficient (Wildman–Crippen LogP) is 3.51. The van der Waals surface area contributed by atoms with Crippen molar-refractivity contribution < 1.29 is 27.8 Å². The molecule has 3 rings (SSSR count). The van der Waals surface area contributed by atoms with Gasteiger partial charge in [0.1, 0.15) is 5.75 Å². The Morgan fingerprint density at radius 1 is 1.03 bits per heavy atom. The molecule has 0 atom stereocenters. The Bertz CT molecular complexity index is 815. The van der Waals surface area contributed by atoms with Gasteiger partial charge in [0.25, 0.3) is 5.91 Å². The molecule has 0 aliphatic carbocycles. The maximum atomic E-state index is 12.2. The van der Waals surface area contributed by atoms with E-state index in [-0.39, 0.29) is 17.8 Å². The number of rotatable bonds is 7. The average Bonchev–Trinajstić information content (AvgIpc) is 2.73. The van der Waals surface area contributed by atoms with Crippen LogP contribution >= 0.6 is 0 Å². The molecular weight excluding hydrogens is 397 g/mol. The first-order valence-corrected chi connectivity index (χ1v) is 9.84. The highest BCUT2D eigenvalue weighted by Crippen LogP contribution is 2.19. The largest absolute Gasteiger partial charge is 0.484 e. The van der Waals surface area contributed by atoms with Crippen molar-refractivity contribution in [3.05, 3.63) is 65.2 Å². The van der Waals surface area contributed by atoms with Gasteiger partial charge in [0, 0.05) is 31.7 Å². The number of aliphatic hydroxyl groups excluding tert-OH is 1. The molecule has 0 saturated carbocycles. The maximum Gasteiger partial charge on any atom is 0.422 e. The minimum Gasteiger partial charge on any atom is -0.484 e. The van der Waals surface area contributed by atoms with Crippen LogP contribution in [0.15, 0.2) is 48.5 Å². The average molecular weight is 422 g/mol. The lowest BCUT2D eigenvalue weighted by atomic mass is 10.1. The smallest absolute Gasteiger partial charge is 0.422 e. The molecule has 162 valence electrons. The van der Waals surface area contributed by atoms with Gasteiger partial charge in [0.05, 0.1) is 6.10 Å². The highest BCUT2D eigenvalue weighted by atomic mass is 19.4. The normalized spacial score (nSPS) is 15.7. The van der Waals surface area contributed by atoms with Crippen LogP contribution in [0.1, 0.15) is 34.3 Å². The molecule has 0 radical (unpaired) electrons. The number of alkyl halides is 3. The summed E-state index contributed by atoms with van der Waals surface area (Å²) in [5, 5.41) is 12.4. The molecule has 5 nitrogen and oxygen atoms in total. The molecular formula is C22H25F3N2O3. The van der Waals surface area contributed by atoms with E-state index in [1.54, 1.807) is 0 Å². The van der Waals surface area contributed by atoms with Crippen molar-refractivity contribution in [2.24, 2.45) is 0 Å². The topological polar surface area (TPSA) is 61.8 Å². The first-order chi connectivity index (χ1) is 14.3. The number of amides is 1. The van der Waals surface area contributed by atoms with E-state index < -0.39 is 12.8 Å². The van der Waals surface area contributed by atoms with E-state index in [0.717, 1.165) is 38.0 Å². The van der Waals surface area contributed by atoms with Crippen LogP contribution in [0.25, 0.3) is 0 Å². The molecule has 30 heavy (non-hydrogen) atoms. The number of hydrogen-bond donors (Lipinski definition) is 2. The lowest BCUT2D eigenvalue weighted by Gasteiger charge is -2.29. The van der Waals surface area contributed by atoms with Gasteiger partial charge in [0.2, 0.25) is 0 Å². The Hall–Kier alpha value is -2.58. The molecule has 1 amide bonds. The van der Waals surface area contributed by atoms with Crippen molar-refractivity contribution in [1.82, 2.24) is 10.2 Å². The van der Waals surface area contributed by atoms with Gasteiger partial charge in [-0.25, -0.2) is 0 Å². The molecule has 0 unspecified atom stereocenters. The molecule has 1 aliphatic rings. The summed E-state index contributed by atoms with van der Waals surface area (Å²) in [6, 6.07) is 13.5. The van der Waals surface area contributed by atoms with Crippen LogP contribution in [-0.2, 0) is 13.1 Å². The van der Waals surface area contributed by atoms with Crippen LogP contribution in [-0.4, -0.2) is 47.9 Å². The summed E-state index contributed by atoms with van der Waals surface area (Å²) in [5.74, 6) is -0.254. The Kier molecular flexibility index (Phi) is 7.33. The molecule has 8 heteroatoms. The van der Waals surface area contributed by atoms with Crippen molar-refractivity contribution >= 4 is 5.91 Å². The fourth-order valence-electron chi connectivity index (χ4n) is 3.25. The Morgan fingerprint density at radius 2 is 1.63 bits per heavy atom. The summed E-state index contributed by atoms with van der Waals surface area (Å²) in [6.07, 6.45) is -2.98. The van der Waals surface area contributed by atoms with E-state index in [2.05, 4.69) is 15.0 Å². The fourth-order valence-corrected chi connectivity index (χ4v) is 3.25. The van der Waals surface area contributed by atoms with Gasteiger partial charge in [-0.05, 0) is 48.2 Å². The number of halogens is 3. The third-order valence-electron chi connectivity index (χ3n) is 4.96.